The summed E-state index contributed by atoms with van der Waals surface area (Å²) in [5.74, 6) is 1.44. The van der Waals surface area contributed by atoms with Crippen molar-refractivity contribution < 1.29 is 42.9 Å². The number of likely N-dealkylation sites (tertiary alicyclic amines) is 1. The van der Waals surface area contributed by atoms with Crippen molar-refractivity contribution >= 4 is 45.8 Å². The van der Waals surface area contributed by atoms with Crippen LogP contribution in [0.5, 0.6) is 5.75 Å². The Morgan fingerprint density at radius 1 is 0.938 bits per heavy atom. The van der Waals surface area contributed by atoms with Crippen molar-refractivity contribution in [1.82, 2.24) is 40.4 Å². The Balaban J connectivity index is 1.13. The van der Waals surface area contributed by atoms with Gasteiger partial charge >= 0.3 is 12.2 Å². The van der Waals surface area contributed by atoms with Gasteiger partial charge in [-0.2, -0.15) is 0 Å². The molecule has 2 aromatic heterocycles. The molecule has 2 aliphatic heterocycles. The Bertz CT molecular complexity index is 2500. The van der Waals surface area contributed by atoms with Crippen molar-refractivity contribution in [2.24, 2.45) is 11.8 Å². The Hall–Kier alpha value is -6.20. The van der Waals surface area contributed by atoms with Gasteiger partial charge in [0, 0.05) is 37.8 Å². The van der Waals surface area contributed by atoms with Crippen LogP contribution in [0.2, 0.25) is 0 Å². The molecule has 7 atom stereocenters. The monoisotopic (exact) mass is 880 g/mol. The molecule has 0 spiro atoms. The molecule has 1 fully saturated rings. The number of methoxy groups -OCH3 is 4. The summed E-state index contributed by atoms with van der Waals surface area (Å²) >= 11 is 0. The van der Waals surface area contributed by atoms with Crippen LogP contribution in [0.4, 0.5) is 9.59 Å². The average molecular weight is 881 g/mol. The van der Waals surface area contributed by atoms with Gasteiger partial charge in [0.1, 0.15) is 36.1 Å². The van der Waals surface area contributed by atoms with Gasteiger partial charge < -0.3 is 54.1 Å². The summed E-state index contributed by atoms with van der Waals surface area (Å²) in [5.41, 5.74) is 6.37. The number of aromatic nitrogens is 4. The van der Waals surface area contributed by atoms with Gasteiger partial charge in [0.05, 0.1) is 62.4 Å². The number of carbonyl (C=O) groups excluding carboxylic acids is 4. The van der Waals surface area contributed by atoms with Crippen LogP contribution >= 0.6 is 0 Å². The number of rotatable bonds is 16. The number of benzene rings is 3. The second kappa shape index (κ2) is 19.7. The smallest absolute Gasteiger partial charge is 0.407 e. The van der Waals surface area contributed by atoms with E-state index in [1.807, 2.05) is 57.0 Å². The van der Waals surface area contributed by atoms with E-state index in [0.29, 0.717) is 37.8 Å². The maximum atomic E-state index is 14.1. The van der Waals surface area contributed by atoms with E-state index in [0.717, 1.165) is 68.3 Å². The first-order valence-electron chi connectivity index (χ1n) is 21.9. The molecule has 2 aliphatic rings. The molecule has 0 saturated carbocycles. The zero-order valence-corrected chi connectivity index (χ0v) is 38.1. The quantitative estimate of drug-likeness (QED) is 0.0807. The number of hydrogen-bond acceptors (Lipinski definition) is 11. The van der Waals surface area contributed by atoms with Gasteiger partial charge in [-0.1, -0.05) is 45.4 Å². The lowest BCUT2D eigenvalue weighted by atomic mass is 9.92. The lowest BCUT2D eigenvalue weighted by Crippen LogP contribution is -2.54. The van der Waals surface area contributed by atoms with Crippen molar-refractivity contribution in [1.29, 1.82) is 0 Å². The third-order valence-electron chi connectivity index (χ3n) is 12.7. The van der Waals surface area contributed by atoms with Crippen LogP contribution in [-0.2, 0) is 41.7 Å². The molecule has 4 N–H and O–H groups in total. The maximum Gasteiger partial charge on any atom is 0.407 e. The summed E-state index contributed by atoms with van der Waals surface area (Å²) in [4.78, 5) is 72.8. The molecule has 4 amide bonds. The predicted octanol–water partition coefficient (Wildman–Crippen LogP) is 6.86. The van der Waals surface area contributed by atoms with Crippen molar-refractivity contribution in [2.75, 3.05) is 41.6 Å². The van der Waals surface area contributed by atoms with Crippen molar-refractivity contribution in [3.63, 3.8) is 0 Å². The Morgan fingerprint density at radius 2 is 1.69 bits per heavy atom. The second-order valence-electron chi connectivity index (χ2n) is 17.1. The van der Waals surface area contributed by atoms with Gasteiger partial charge in [0.15, 0.2) is 0 Å². The molecular weight excluding hydrogens is 821 g/mol. The summed E-state index contributed by atoms with van der Waals surface area (Å²) in [6.45, 7) is 11.0. The van der Waals surface area contributed by atoms with E-state index in [1.54, 1.807) is 18.9 Å². The van der Waals surface area contributed by atoms with Gasteiger partial charge in [-0.15, -0.1) is 0 Å². The molecule has 5 aromatic rings. The molecule has 342 valence electrons. The van der Waals surface area contributed by atoms with Gasteiger partial charge in [-0.25, -0.2) is 19.6 Å². The molecule has 17 heteroatoms. The first kappa shape index (κ1) is 45.8. The maximum absolute atomic E-state index is 14.1. The third kappa shape index (κ3) is 9.36. The minimum Gasteiger partial charge on any atom is -0.488 e. The fourth-order valence-corrected chi connectivity index (χ4v) is 8.91. The van der Waals surface area contributed by atoms with Crippen molar-refractivity contribution in [2.45, 2.75) is 97.3 Å². The van der Waals surface area contributed by atoms with E-state index in [2.05, 4.69) is 44.9 Å². The minimum atomic E-state index is -0.993. The topological polar surface area (TPSA) is 202 Å². The number of alkyl carbamates (subject to hydrolysis) is 2. The van der Waals surface area contributed by atoms with Crippen LogP contribution in [0.1, 0.15) is 77.1 Å². The fourth-order valence-electron chi connectivity index (χ4n) is 8.91. The molecule has 7 rings (SSSR count). The Morgan fingerprint density at radius 3 is 2.39 bits per heavy atom. The Kier molecular flexibility index (Phi) is 14.1. The summed E-state index contributed by atoms with van der Waals surface area (Å²) < 4.78 is 26.9. The summed E-state index contributed by atoms with van der Waals surface area (Å²) in [5, 5.41) is 7.28. The lowest BCUT2D eigenvalue weighted by Gasteiger charge is -2.33. The number of nitrogens with zero attached hydrogens (tertiary/aromatic N) is 4. The van der Waals surface area contributed by atoms with E-state index in [1.165, 1.54) is 21.3 Å². The first-order chi connectivity index (χ1) is 30.8. The van der Waals surface area contributed by atoms with Crippen LogP contribution in [0.15, 0.2) is 48.7 Å². The number of amides is 4. The second-order valence-corrected chi connectivity index (χ2v) is 17.1. The highest BCUT2D eigenvalue weighted by atomic mass is 16.5. The normalized spacial score (nSPS) is 18.0. The molecule has 64 heavy (non-hydrogen) atoms. The van der Waals surface area contributed by atoms with Gasteiger partial charge in [-0.3, -0.25) is 9.59 Å². The van der Waals surface area contributed by atoms with Gasteiger partial charge in [0.25, 0.3) is 0 Å². The number of hydrogen-bond donors (Lipinski definition) is 4. The fraction of sp³-hybridized carbons (Fsp3) is 0.489. The van der Waals surface area contributed by atoms with Gasteiger partial charge in [0.2, 0.25) is 11.8 Å². The standard InChI is InChI=1S/C47H60N8O9/c1-10-26(3)40(52-46(58)62-8)45(57)55-27(4)11-16-37(55)43-48-20-36(50-43)30-12-14-32-31(17-30)24-64-38-19-33-29(18-34(32)38)13-15-35-42(33)51-39(49-35)22-54(21-25(2)23-60-6)44(56)41(28(5)61-7)53-47(59)63-9/h12-15,17-20,25-28,37,40-41H,10-11,16,21-24H2,1-9H3,(H,48,50)(H,49,51)(H,52,58)(H,53,59)/t25-,26-,27-,28+,37-,40-,41-/m0/s1. The molecule has 17 nitrogen and oxygen atoms in total. The van der Waals surface area contributed by atoms with Crippen molar-refractivity contribution in [3.8, 4) is 28.1 Å². The van der Waals surface area contributed by atoms with E-state index < -0.39 is 30.4 Å². The number of H-pyrrole nitrogens is 2. The van der Waals surface area contributed by atoms with Crippen LogP contribution in [0.3, 0.4) is 0 Å². The van der Waals surface area contributed by atoms with Gasteiger partial charge in [-0.05, 0) is 84.9 Å². The average Bonchev–Trinajstić information content (AvgIpc) is 4.06. The molecule has 1 saturated heterocycles. The zero-order valence-electron chi connectivity index (χ0n) is 38.1. The highest BCUT2D eigenvalue weighted by molar-refractivity contribution is 6.07. The van der Waals surface area contributed by atoms with Crippen LogP contribution in [-0.4, -0.2) is 120 Å². The first-order valence-corrected chi connectivity index (χ1v) is 21.9. The van der Waals surface area contributed by atoms with E-state index >= 15 is 0 Å². The van der Waals surface area contributed by atoms with E-state index in [-0.39, 0.29) is 42.3 Å². The molecule has 0 radical (unpaired) electrons. The largest absolute Gasteiger partial charge is 0.488 e. The third-order valence-corrected chi connectivity index (χ3v) is 12.7. The number of carbonyl (C=O) groups is 4. The summed E-state index contributed by atoms with van der Waals surface area (Å²) in [6.07, 6.45) is 2.10. The van der Waals surface area contributed by atoms with E-state index in [4.69, 9.17) is 33.7 Å². The van der Waals surface area contributed by atoms with Crippen LogP contribution < -0.4 is 15.4 Å². The highest BCUT2D eigenvalue weighted by Gasteiger charge is 2.42. The summed E-state index contributed by atoms with van der Waals surface area (Å²) in [7, 11) is 5.65. The van der Waals surface area contributed by atoms with Crippen molar-refractivity contribution in [3.05, 3.63) is 65.9 Å². The number of imidazole rings is 2. The molecule has 3 aromatic carbocycles. The molecule has 0 unspecified atom stereocenters. The van der Waals surface area contributed by atoms with Crippen LogP contribution in [0.25, 0.3) is 44.2 Å². The Labute approximate surface area is 372 Å². The number of ether oxygens (including phenoxy) is 5. The predicted molar refractivity (Wildman–Crippen MR) is 240 cm³/mol. The van der Waals surface area contributed by atoms with Crippen LogP contribution in [0, 0.1) is 11.8 Å². The SMILES string of the molecule is CC[C@H](C)[C@H](NC(=O)OC)C(=O)N1[C@@H](C)CC[C@H]1c1ncc(-c2ccc3c(c2)COc2cc4c(ccc5[nH]c(CN(C[C@H](C)COC)C(=O)[C@@H](NC(=O)OC)[C@@H](C)OC)nc54)cc2-3)[nH]1. The van der Waals surface area contributed by atoms with E-state index in [9.17, 15) is 19.2 Å². The number of aromatic amines is 2. The molecule has 4 heterocycles. The highest BCUT2D eigenvalue weighted by Crippen LogP contribution is 2.43. The number of fused-ring (bicyclic) bond motifs is 6. The molecule has 0 aliphatic carbocycles. The zero-order chi connectivity index (χ0) is 45.8. The molecular formula is C47H60N8O9. The lowest BCUT2D eigenvalue weighted by molar-refractivity contribution is -0.138. The number of nitrogens with one attached hydrogen (secondary N) is 4. The molecule has 0 bridgehead atoms. The minimum absolute atomic E-state index is 0.00826. The summed E-state index contributed by atoms with van der Waals surface area (Å²) in [6, 6.07) is 12.5.